The van der Waals surface area contributed by atoms with Crippen LogP contribution in [0, 0.1) is 6.92 Å². The lowest BCUT2D eigenvalue weighted by Crippen LogP contribution is -2.15. The second-order valence-electron chi connectivity index (χ2n) is 3.91. The Bertz CT molecular complexity index is 740. The molecule has 2 aromatic rings. The highest BCUT2D eigenvalue weighted by atomic mass is 35.5. The molecule has 0 unspecified atom stereocenters. The molecule has 0 spiro atoms. The Kier molecular flexibility index (Phi) is 3.92. The minimum Gasteiger partial charge on any atom is -0.495 e. The predicted molar refractivity (Wildman–Crippen MR) is 74.1 cm³/mol. The number of ether oxygens (including phenoxy) is 2. The molecule has 2 rings (SSSR count). The second kappa shape index (κ2) is 5.34. The standard InChI is InChI=1S/C12H13ClN2O4S/c1-8-14-4-5-15(8)20(16,17)12-7-10(18-2)9(13)6-11(12)19-3/h4-7H,1-3H3. The van der Waals surface area contributed by atoms with Crippen molar-refractivity contribution in [1.29, 1.82) is 0 Å². The van der Waals surface area contributed by atoms with E-state index in [-0.39, 0.29) is 21.4 Å². The molecule has 1 heterocycles. The van der Waals surface area contributed by atoms with E-state index in [1.807, 2.05) is 0 Å². The molecule has 0 bridgehead atoms. The number of aryl methyl sites for hydroxylation is 1. The van der Waals surface area contributed by atoms with Crippen molar-refractivity contribution in [2.45, 2.75) is 11.8 Å². The normalized spacial score (nSPS) is 11.4. The van der Waals surface area contributed by atoms with E-state index in [9.17, 15) is 8.42 Å². The molecule has 1 aromatic carbocycles. The molecule has 0 amide bonds. The van der Waals surface area contributed by atoms with Gasteiger partial charge in [0.2, 0.25) is 0 Å². The van der Waals surface area contributed by atoms with Gasteiger partial charge in [0.25, 0.3) is 10.0 Å². The zero-order valence-corrected chi connectivity index (χ0v) is 12.7. The summed E-state index contributed by atoms with van der Waals surface area (Å²) >= 11 is 5.97. The van der Waals surface area contributed by atoms with Gasteiger partial charge in [0.1, 0.15) is 22.2 Å². The summed E-state index contributed by atoms with van der Waals surface area (Å²) in [5, 5.41) is 0.269. The van der Waals surface area contributed by atoms with Crippen LogP contribution in [0.4, 0.5) is 0 Å². The molecule has 108 valence electrons. The average Bonchev–Trinajstić information content (AvgIpc) is 2.85. The van der Waals surface area contributed by atoms with Gasteiger partial charge >= 0.3 is 0 Å². The first kappa shape index (κ1) is 14.7. The number of nitrogens with zero attached hydrogens (tertiary/aromatic N) is 2. The Labute approximate surface area is 122 Å². The highest BCUT2D eigenvalue weighted by molar-refractivity contribution is 7.90. The molecule has 0 saturated heterocycles. The van der Waals surface area contributed by atoms with Gasteiger partial charge in [0.15, 0.2) is 0 Å². The van der Waals surface area contributed by atoms with Crippen LogP contribution in [0.1, 0.15) is 5.82 Å². The number of methoxy groups -OCH3 is 2. The summed E-state index contributed by atoms with van der Waals surface area (Å²) < 4.78 is 36.5. The average molecular weight is 317 g/mol. The van der Waals surface area contributed by atoms with Gasteiger partial charge < -0.3 is 9.47 Å². The maximum atomic E-state index is 12.6. The van der Waals surface area contributed by atoms with E-state index in [2.05, 4.69) is 4.98 Å². The second-order valence-corrected chi connectivity index (χ2v) is 6.10. The SMILES string of the molecule is COc1cc(S(=O)(=O)n2ccnc2C)c(OC)cc1Cl. The van der Waals surface area contributed by atoms with Crippen molar-refractivity contribution in [3.8, 4) is 11.5 Å². The lowest BCUT2D eigenvalue weighted by molar-refractivity contribution is 0.392. The summed E-state index contributed by atoms with van der Waals surface area (Å²) in [7, 11) is -1.05. The highest BCUT2D eigenvalue weighted by Crippen LogP contribution is 2.36. The lowest BCUT2D eigenvalue weighted by Gasteiger charge is -2.13. The monoisotopic (exact) mass is 316 g/mol. The topological polar surface area (TPSA) is 70.4 Å². The van der Waals surface area contributed by atoms with Crippen LogP contribution in [-0.4, -0.2) is 31.6 Å². The number of aromatic nitrogens is 2. The Morgan fingerprint density at radius 1 is 1.20 bits per heavy atom. The minimum atomic E-state index is -3.83. The largest absolute Gasteiger partial charge is 0.495 e. The van der Waals surface area contributed by atoms with E-state index >= 15 is 0 Å². The first-order chi connectivity index (χ1) is 9.41. The van der Waals surface area contributed by atoms with Gasteiger partial charge in [-0.1, -0.05) is 11.6 Å². The van der Waals surface area contributed by atoms with Gasteiger partial charge in [-0.3, -0.25) is 0 Å². The molecule has 20 heavy (non-hydrogen) atoms. The fraction of sp³-hybridized carbons (Fsp3) is 0.250. The molecular weight excluding hydrogens is 304 g/mol. The number of hydrogen-bond acceptors (Lipinski definition) is 5. The van der Waals surface area contributed by atoms with Crippen LogP contribution < -0.4 is 9.47 Å². The Morgan fingerprint density at radius 2 is 1.85 bits per heavy atom. The Balaban J connectivity index is 2.71. The molecule has 0 radical (unpaired) electrons. The fourth-order valence-corrected chi connectivity index (χ4v) is 3.47. The van der Waals surface area contributed by atoms with Gasteiger partial charge in [-0.05, 0) is 6.92 Å². The van der Waals surface area contributed by atoms with E-state index in [0.717, 1.165) is 3.97 Å². The van der Waals surface area contributed by atoms with Crippen LogP contribution in [0.3, 0.4) is 0 Å². The third-order valence-electron chi connectivity index (χ3n) is 2.76. The lowest BCUT2D eigenvalue weighted by atomic mass is 10.3. The summed E-state index contributed by atoms with van der Waals surface area (Å²) in [6, 6.07) is 2.73. The van der Waals surface area contributed by atoms with E-state index in [1.54, 1.807) is 6.92 Å². The van der Waals surface area contributed by atoms with E-state index in [0.29, 0.717) is 5.82 Å². The Morgan fingerprint density at radius 3 is 2.35 bits per heavy atom. The highest BCUT2D eigenvalue weighted by Gasteiger charge is 2.25. The molecule has 0 aliphatic heterocycles. The fourth-order valence-electron chi connectivity index (χ4n) is 1.76. The molecule has 0 aliphatic rings. The van der Waals surface area contributed by atoms with Crippen molar-refractivity contribution in [2.75, 3.05) is 14.2 Å². The number of imidazole rings is 1. The molecule has 0 atom stereocenters. The summed E-state index contributed by atoms with van der Waals surface area (Å²) in [6.45, 7) is 1.59. The predicted octanol–water partition coefficient (Wildman–Crippen LogP) is 2.10. The summed E-state index contributed by atoms with van der Waals surface area (Å²) in [6.07, 6.45) is 2.78. The van der Waals surface area contributed by atoms with Gasteiger partial charge in [-0.25, -0.2) is 17.4 Å². The number of rotatable bonds is 4. The van der Waals surface area contributed by atoms with Gasteiger partial charge in [-0.15, -0.1) is 0 Å². The van der Waals surface area contributed by atoms with E-state index < -0.39 is 10.0 Å². The van der Waals surface area contributed by atoms with Crippen molar-refractivity contribution in [1.82, 2.24) is 8.96 Å². The quantitative estimate of drug-likeness (QED) is 0.864. The van der Waals surface area contributed by atoms with Crippen molar-refractivity contribution in [3.05, 3.63) is 35.4 Å². The van der Waals surface area contributed by atoms with Crippen molar-refractivity contribution in [2.24, 2.45) is 0 Å². The van der Waals surface area contributed by atoms with Gasteiger partial charge in [0.05, 0.1) is 19.2 Å². The first-order valence-corrected chi connectivity index (χ1v) is 7.40. The number of halogens is 1. The van der Waals surface area contributed by atoms with Crippen molar-refractivity contribution < 1.29 is 17.9 Å². The van der Waals surface area contributed by atoms with Crippen LogP contribution in [0.5, 0.6) is 11.5 Å². The van der Waals surface area contributed by atoms with Crippen LogP contribution in [0.15, 0.2) is 29.4 Å². The number of benzene rings is 1. The Hall–Kier alpha value is -1.73. The maximum Gasteiger partial charge on any atom is 0.272 e. The van der Waals surface area contributed by atoms with Gasteiger partial charge in [0, 0.05) is 24.5 Å². The van der Waals surface area contributed by atoms with Crippen LogP contribution in [0.25, 0.3) is 0 Å². The maximum absolute atomic E-state index is 12.6. The van der Waals surface area contributed by atoms with Crippen molar-refractivity contribution in [3.63, 3.8) is 0 Å². The van der Waals surface area contributed by atoms with E-state index in [4.69, 9.17) is 21.1 Å². The minimum absolute atomic E-state index is 0.0395. The number of hydrogen-bond donors (Lipinski definition) is 0. The molecule has 0 N–H and O–H groups in total. The van der Waals surface area contributed by atoms with Gasteiger partial charge in [-0.2, -0.15) is 0 Å². The van der Waals surface area contributed by atoms with Crippen LogP contribution in [-0.2, 0) is 10.0 Å². The smallest absolute Gasteiger partial charge is 0.272 e. The molecule has 0 saturated carbocycles. The molecule has 8 heteroatoms. The zero-order valence-electron chi connectivity index (χ0n) is 11.1. The molecule has 1 aromatic heterocycles. The molecule has 0 aliphatic carbocycles. The summed E-state index contributed by atoms with van der Waals surface area (Å²) in [5.41, 5.74) is 0. The first-order valence-electron chi connectivity index (χ1n) is 5.59. The molecule has 0 fully saturated rings. The summed E-state index contributed by atoms with van der Waals surface area (Å²) in [5.74, 6) is 0.744. The van der Waals surface area contributed by atoms with Crippen LogP contribution >= 0.6 is 11.6 Å². The summed E-state index contributed by atoms with van der Waals surface area (Å²) in [4.78, 5) is 3.87. The van der Waals surface area contributed by atoms with Crippen molar-refractivity contribution >= 4 is 21.6 Å². The van der Waals surface area contributed by atoms with E-state index in [1.165, 1.54) is 38.7 Å². The third-order valence-corrected chi connectivity index (χ3v) is 4.83. The zero-order chi connectivity index (χ0) is 14.9. The third kappa shape index (κ3) is 2.34. The molecular formula is C12H13ClN2O4S. The molecule has 6 nitrogen and oxygen atoms in total. The van der Waals surface area contributed by atoms with Crippen LogP contribution in [0.2, 0.25) is 5.02 Å².